The second-order valence-corrected chi connectivity index (χ2v) is 10.1. The van der Waals surface area contributed by atoms with Gasteiger partial charge in [0.1, 0.15) is 11.4 Å². The highest BCUT2D eigenvalue weighted by atomic mass is 19.4. The number of hydrogen-bond donors (Lipinski definition) is 1. The Balaban J connectivity index is 1.46. The molecular weight excluding hydrogens is 425 g/mol. The minimum atomic E-state index is -4.61. The Kier molecular flexibility index (Phi) is 4.98. The third-order valence-corrected chi connectivity index (χ3v) is 5.96. The molecule has 0 radical (unpaired) electrons. The molecule has 3 atom stereocenters. The Hall–Kier alpha value is -2.78. The first kappa shape index (κ1) is 22.4. The second kappa shape index (κ2) is 7.11. The van der Waals surface area contributed by atoms with E-state index in [0.717, 1.165) is 0 Å². The molecule has 2 aromatic rings. The van der Waals surface area contributed by atoms with Crippen molar-refractivity contribution < 1.29 is 27.5 Å². The number of likely N-dealkylation sites (tertiary alicyclic amines) is 1. The lowest BCUT2D eigenvalue weighted by Gasteiger charge is -2.27. The van der Waals surface area contributed by atoms with Gasteiger partial charge in [0.25, 0.3) is 0 Å². The molecule has 7 nitrogen and oxygen atoms in total. The van der Waals surface area contributed by atoms with Crippen LogP contribution in [0.1, 0.15) is 46.1 Å². The van der Waals surface area contributed by atoms with Crippen LogP contribution in [-0.2, 0) is 21.2 Å². The van der Waals surface area contributed by atoms with Crippen molar-refractivity contribution in [1.82, 2.24) is 19.6 Å². The van der Waals surface area contributed by atoms with Crippen molar-refractivity contribution in [2.24, 2.45) is 17.8 Å². The van der Waals surface area contributed by atoms with Crippen LogP contribution in [0.15, 0.2) is 24.4 Å². The first-order chi connectivity index (χ1) is 14.7. The number of aromatic nitrogens is 2. The van der Waals surface area contributed by atoms with E-state index in [1.165, 1.54) is 22.7 Å². The van der Waals surface area contributed by atoms with Gasteiger partial charge in [-0.05, 0) is 58.6 Å². The number of imidazole rings is 1. The summed E-state index contributed by atoms with van der Waals surface area (Å²) in [6.07, 6.45) is -3.50. The maximum Gasteiger partial charge on any atom is 0.435 e. The Morgan fingerprint density at radius 1 is 1.09 bits per heavy atom. The average Bonchev–Trinajstić information content (AvgIpc) is 3.00. The summed E-state index contributed by atoms with van der Waals surface area (Å²) in [5, 5.41) is 2.88. The number of piperidine rings is 1. The molecule has 1 aliphatic carbocycles. The largest absolute Gasteiger partial charge is 0.444 e. The Bertz CT molecular complexity index is 1060. The molecule has 2 aromatic heterocycles. The van der Waals surface area contributed by atoms with Crippen LogP contribution in [0.3, 0.4) is 0 Å². The van der Waals surface area contributed by atoms with Gasteiger partial charge in [0.15, 0.2) is 5.69 Å². The lowest BCUT2D eigenvalue weighted by atomic mass is 10.0. The third-order valence-electron chi connectivity index (χ3n) is 5.96. The van der Waals surface area contributed by atoms with Crippen LogP contribution >= 0.6 is 0 Å². The van der Waals surface area contributed by atoms with E-state index in [0.29, 0.717) is 13.1 Å². The van der Waals surface area contributed by atoms with E-state index in [9.17, 15) is 22.8 Å². The van der Waals surface area contributed by atoms with Crippen LogP contribution in [0.4, 0.5) is 18.0 Å². The minimum Gasteiger partial charge on any atom is -0.444 e. The Morgan fingerprint density at radius 3 is 2.28 bits per heavy atom. The number of rotatable bonds is 3. The molecule has 4 rings (SSSR count). The highest BCUT2D eigenvalue weighted by Gasteiger charge is 2.61. The molecule has 2 amide bonds. The lowest BCUT2D eigenvalue weighted by Crippen LogP contribution is -2.45. The van der Waals surface area contributed by atoms with E-state index in [1.807, 2.05) is 0 Å². The predicted molar refractivity (Wildman–Crippen MR) is 110 cm³/mol. The number of carbonyl (C=O) groups excluding carboxylic acids is 2. The third kappa shape index (κ3) is 4.02. The van der Waals surface area contributed by atoms with Crippen molar-refractivity contribution in [2.45, 2.75) is 51.9 Å². The van der Waals surface area contributed by atoms with Gasteiger partial charge in [-0.1, -0.05) is 6.07 Å². The molecule has 1 saturated heterocycles. The van der Waals surface area contributed by atoms with Crippen molar-refractivity contribution in [2.75, 3.05) is 13.1 Å². The van der Waals surface area contributed by atoms with Gasteiger partial charge in [-0.25, -0.2) is 9.78 Å². The van der Waals surface area contributed by atoms with E-state index in [4.69, 9.17) is 4.74 Å². The smallest absolute Gasteiger partial charge is 0.435 e. The van der Waals surface area contributed by atoms with Crippen LogP contribution in [-0.4, -0.2) is 45.0 Å². The number of halogens is 3. The van der Waals surface area contributed by atoms with Crippen LogP contribution in [0, 0.1) is 17.8 Å². The number of pyridine rings is 1. The lowest BCUT2D eigenvalue weighted by molar-refractivity contribution is -0.139. The number of fused-ring (bicyclic) bond motifs is 2. The van der Waals surface area contributed by atoms with Gasteiger partial charge < -0.3 is 19.4 Å². The van der Waals surface area contributed by atoms with Crippen LogP contribution in [0.25, 0.3) is 5.52 Å². The molecule has 3 heterocycles. The Morgan fingerprint density at radius 2 is 1.72 bits per heavy atom. The molecule has 2 fully saturated rings. The fourth-order valence-corrected chi connectivity index (χ4v) is 4.53. The van der Waals surface area contributed by atoms with Crippen molar-refractivity contribution in [3.8, 4) is 0 Å². The summed E-state index contributed by atoms with van der Waals surface area (Å²) < 4.78 is 47.2. The molecule has 2 aliphatic rings. The molecule has 174 valence electrons. The van der Waals surface area contributed by atoms with Gasteiger partial charge in [0.2, 0.25) is 5.91 Å². The molecule has 0 aromatic carbocycles. The summed E-state index contributed by atoms with van der Waals surface area (Å²) in [6, 6.07) is 4.49. The van der Waals surface area contributed by atoms with Crippen molar-refractivity contribution in [3.05, 3.63) is 35.9 Å². The zero-order chi connectivity index (χ0) is 23.6. The monoisotopic (exact) mass is 452 g/mol. The molecule has 32 heavy (non-hydrogen) atoms. The Labute approximate surface area is 183 Å². The maximum atomic E-state index is 13.5. The summed E-state index contributed by atoms with van der Waals surface area (Å²) in [4.78, 5) is 30.6. The van der Waals surface area contributed by atoms with Gasteiger partial charge in [-0.3, -0.25) is 4.79 Å². The number of amides is 2. The topological polar surface area (TPSA) is 75.9 Å². The van der Waals surface area contributed by atoms with Gasteiger partial charge in [0, 0.05) is 25.2 Å². The fraction of sp³-hybridized carbons (Fsp3) is 0.591. The van der Waals surface area contributed by atoms with Crippen molar-refractivity contribution in [3.63, 3.8) is 0 Å². The molecular formula is C22H27F3N4O3. The molecule has 10 heteroatoms. The number of hydrogen-bond acceptors (Lipinski definition) is 4. The number of alkyl halides is 3. The summed E-state index contributed by atoms with van der Waals surface area (Å²) in [7, 11) is 0. The van der Waals surface area contributed by atoms with Gasteiger partial charge in [-0.15, -0.1) is 0 Å². The molecule has 1 N–H and O–H groups in total. The predicted octanol–water partition coefficient (Wildman–Crippen LogP) is 3.82. The summed E-state index contributed by atoms with van der Waals surface area (Å²) >= 11 is 0. The quantitative estimate of drug-likeness (QED) is 0.768. The SMILES string of the molecule is CC(C)(C)OC(=O)N1C[C@@H]2C(C(=O)NC(C)(C)c3nc(C(F)(F)F)c4ccccn34)[C@@H]2C1. The number of nitrogens with zero attached hydrogens (tertiary/aromatic N) is 3. The van der Waals surface area contributed by atoms with E-state index in [1.54, 1.807) is 45.6 Å². The van der Waals surface area contributed by atoms with Crippen LogP contribution in [0.2, 0.25) is 0 Å². The number of carbonyl (C=O) groups is 2. The minimum absolute atomic E-state index is 0.0288. The summed E-state index contributed by atoms with van der Waals surface area (Å²) in [5.41, 5.74) is -2.76. The first-order valence-electron chi connectivity index (χ1n) is 10.5. The zero-order valence-corrected chi connectivity index (χ0v) is 18.7. The maximum absolute atomic E-state index is 13.5. The molecule has 1 unspecified atom stereocenters. The van der Waals surface area contributed by atoms with Crippen LogP contribution < -0.4 is 5.32 Å². The standard InChI is InChI=1S/C22H27F3N4O3/c1-20(2,3)32-19(31)28-10-12-13(11-28)15(12)17(30)27-21(4,5)18-26-16(22(23,24)25)14-8-6-7-9-29(14)18/h6-9,12-13,15H,10-11H2,1-5H3,(H,27,30)/t12-,13+,15?. The van der Waals surface area contributed by atoms with Crippen molar-refractivity contribution >= 4 is 17.5 Å². The van der Waals surface area contributed by atoms with E-state index < -0.39 is 29.1 Å². The van der Waals surface area contributed by atoms with Gasteiger partial charge >= 0.3 is 12.3 Å². The molecule has 0 spiro atoms. The van der Waals surface area contributed by atoms with Gasteiger partial charge in [-0.2, -0.15) is 13.2 Å². The first-order valence-corrected chi connectivity index (χ1v) is 10.5. The number of nitrogens with one attached hydrogen (secondary N) is 1. The fourth-order valence-electron chi connectivity index (χ4n) is 4.53. The van der Waals surface area contributed by atoms with Crippen LogP contribution in [0.5, 0.6) is 0 Å². The highest BCUT2D eigenvalue weighted by molar-refractivity contribution is 5.84. The van der Waals surface area contributed by atoms with E-state index >= 15 is 0 Å². The number of ether oxygens (including phenoxy) is 1. The van der Waals surface area contributed by atoms with E-state index in [-0.39, 0.29) is 35.0 Å². The van der Waals surface area contributed by atoms with Crippen molar-refractivity contribution in [1.29, 1.82) is 0 Å². The highest BCUT2D eigenvalue weighted by Crippen LogP contribution is 2.52. The average molecular weight is 452 g/mol. The molecule has 1 aliphatic heterocycles. The van der Waals surface area contributed by atoms with Gasteiger partial charge in [0.05, 0.1) is 11.1 Å². The summed E-state index contributed by atoms with van der Waals surface area (Å²) in [6.45, 7) is 9.53. The zero-order valence-electron chi connectivity index (χ0n) is 18.7. The normalized spacial score (nSPS) is 23.2. The molecule has 1 saturated carbocycles. The summed E-state index contributed by atoms with van der Waals surface area (Å²) in [5.74, 6) is -0.353. The second-order valence-electron chi connectivity index (χ2n) is 10.1. The van der Waals surface area contributed by atoms with E-state index in [2.05, 4.69) is 10.3 Å². The molecule has 0 bridgehead atoms.